The van der Waals surface area contributed by atoms with Crippen molar-refractivity contribution < 1.29 is 0 Å². The minimum atomic E-state index is 0.546. The van der Waals surface area contributed by atoms with Crippen molar-refractivity contribution in [3.05, 3.63) is 52.2 Å². The van der Waals surface area contributed by atoms with E-state index in [0.717, 1.165) is 18.7 Å². The Morgan fingerprint density at radius 3 is 2.79 bits per heavy atom. The highest BCUT2D eigenvalue weighted by Gasteiger charge is 2.10. The van der Waals surface area contributed by atoms with E-state index in [4.69, 9.17) is 0 Å². The molecule has 19 heavy (non-hydrogen) atoms. The Morgan fingerprint density at radius 2 is 2.11 bits per heavy atom. The first-order chi connectivity index (χ1) is 9.29. The molecular weight excluding hydrogens is 270 g/mol. The minimum Gasteiger partial charge on any atom is -0.313 e. The van der Waals surface area contributed by atoms with Crippen LogP contribution >= 0.6 is 23.1 Å². The molecule has 3 heteroatoms. The lowest BCUT2D eigenvalue weighted by molar-refractivity contribution is 0.573. The minimum absolute atomic E-state index is 0.546. The SMILES string of the molecule is CCNC(CSc1ccccc1C)Cc1ccsc1. The molecule has 0 radical (unpaired) electrons. The Balaban J connectivity index is 1.91. The van der Waals surface area contributed by atoms with Crippen LogP contribution in [0.2, 0.25) is 0 Å². The van der Waals surface area contributed by atoms with E-state index in [1.165, 1.54) is 16.0 Å². The summed E-state index contributed by atoms with van der Waals surface area (Å²) in [5.41, 5.74) is 2.82. The molecule has 0 saturated carbocycles. The van der Waals surface area contributed by atoms with Crippen molar-refractivity contribution in [2.24, 2.45) is 0 Å². The third-order valence-corrected chi connectivity index (χ3v) is 5.16. The molecule has 0 bridgehead atoms. The second kappa shape index (κ2) is 7.73. The maximum Gasteiger partial charge on any atom is 0.0202 e. The van der Waals surface area contributed by atoms with Gasteiger partial charge in [-0.15, -0.1) is 11.8 Å². The van der Waals surface area contributed by atoms with E-state index in [1.807, 2.05) is 11.8 Å². The third-order valence-electron chi connectivity index (χ3n) is 3.09. The van der Waals surface area contributed by atoms with Gasteiger partial charge in [0.05, 0.1) is 0 Å². The van der Waals surface area contributed by atoms with Crippen molar-refractivity contribution in [2.75, 3.05) is 12.3 Å². The van der Waals surface area contributed by atoms with E-state index in [2.05, 4.69) is 60.3 Å². The van der Waals surface area contributed by atoms with E-state index in [1.54, 1.807) is 11.3 Å². The molecular formula is C16H21NS2. The quantitative estimate of drug-likeness (QED) is 0.760. The standard InChI is InChI=1S/C16H21NS2/c1-3-17-15(10-14-8-9-18-11-14)12-19-16-7-5-4-6-13(16)2/h4-9,11,15,17H,3,10,12H2,1-2H3. The van der Waals surface area contributed by atoms with Gasteiger partial charge in [-0.05, 0) is 53.9 Å². The van der Waals surface area contributed by atoms with E-state index >= 15 is 0 Å². The van der Waals surface area contributed by atoms with E-state index in [0.29, 0.717) is 6.04 Å². The number of likely N-dealkylation sites (N-methyl/N-ethyl adjacent to an activating group) is 1. The van der Waals surface area contributed by atoms with Gasteiger partial charge in [-0.25, -0.2) is 0 Å². The molecule has 1 aromatic heterocycles. The Labute approximate surface area is 124 Å². The van der Waals surface area contributed by atoms with Crippen LogP contribution in [0.1, 0.15) is 18.1 Å². The highest BCUT2D eigenvalue weighted by atomic mass is 32.2. The summed E-state index contributed by atoms with van der Waals surface area (Å²) in [6.07, 6.45) is 1.12. The van der Waals surface area contributed by atoms with E-state index in [-0.39, 0.29) is 0 Å². The second-order valence-electron chi connectivity index (χ2n) is 4.67. The van der Waals surface area contributed by atoms with Crippen molar-refractivity contribution in [2.45, 2.75) is 31.2 Å². The molecule has 1 aromatic carbocycles. The first-order valence-electron chi connectivity index (χ1n) is 6.72. The molecule has 0 amide bonds. The largest absolute Gasteiger partial charge is 0.313 e. The van der Waals surface area contributed by atoms with E-state index in [9.17, 15) is 0 Å². The Morgan fingerprint density at radius 1 is 1.26 bits per heavy atom. The van der Waals surface area contributed by atoms with Crippen LogP contribution in [0.3, 0.4) is 0 Å². The summed E-state index contributed by atoms with van der Waals surface area (Å²) in [6, 6.07) is 11.4. The van der Waals surface area contributed by atoms with Crippen LogP contribution in [0.4, 0.5) is 0 Å². The Hall–Kier alpha value is -0.770. The Bertz CT molecular complexity index is 479. The van der Waals surface area contributed by atoms with Crippen LogP contribution in [0.25, 0.3) is 0 Å². The molecule has 1 nitrogen and oxygen atoms in total. The monoisotopic (exact) mass is 291 g/mol. The molecule has 2 rings (SSSR count). The number of benzene rings is 1. The lowest BCUT2D eigenvalue weighted by atomic mass is 10.1. The molecule has 2 aromatic rings. The molecule has 102 valence electrons. The van der Waals surface area contributed by atoms with Gasteiger partial charge in [0, 0.05) is 16.7 Å². The van der Waals surface area contributed by atoms with Crippen LogP contribution in [0.5, 0.6) is 0 Å². The fourth-order valence-electron chi connectivity index (χ4n) is 2.08. The van der Waals surface area contributed by atoms with Gasteiger partial charge in [-0.2, -0.15) is 11.3 Å². The molecule has 1 unspecified atom stereocenters. The average Bonchev–Trinajstić information content (AvgIpc) is 2.91. The van der Waals surface area contributed by atoms with E-state index < -0.39 is 0 Å². The zero-order chi connectivity index (χ0) is 13.5. The van der Waals surface area contributed by atoms with Crippen molar-refractivity contribution in [1.82, 2.24) is 5.32 Å². The fraction of sp³-hybridized carbons (Fsp3) is 0.375. The number of hydrogen-bond acceptors (Lipinski definition) is 3. The predicted octanol–water partition coefficient (Wildman–Crippen LogP) is 4.37. The van der Waals surface area contributed by atoms with Crippen LogP contribution in [-0.2, 0) is 6.42 Å². The smallest absolute Gasteiger partial charge is 0.0202 e. The maximum atomic E-state index is 3.59. The highest BCUT2D eigenvalue weighted by molar-refractivity contribution is 7.99. The molecule has 0 spiro atoms. The average molecular weight is 291 g/mol. The molecule has 0 fully saturated rings. The van der Waals surface area contributed by atoms with Gasteiger partial charge >= 0.3 is 0 Å². The number of rotatable bonds is 7. The van der Waals surface area contributed by atoms with Gasteiger partial charge in [-0.1, -0.05) is 25.1 Å². The van der Waals surface area contributed by atoms with Gasteiger partial charge in [-0.3, -0.25) is 0 Å². The van der Waals surface area contributed by atoms with Crippen molar-refractivity contribution in [3.8, 4) is 0 Å². The zero-order valence-electron chi connectivity index (χ0n) is 11.6. The van der Waals surface area contributed by atoms with Crippen LogP contribution < -0.4 is 5.32 Å². The first kappa shape index (κ1) is 14.6. The summed E-state index contributed by atoms with van der Waals surface area (Å²) in [6.45, 7) is 5.39. The summed E-state index contributed by atoms with van der Waals surface area (Å²) in [5, 5.41) is 8.01. The summed E-state index contributed by atoms with van der Waals surface area (Å²) in [7, 11) is 0. The van der Waals surface area contributed by atoms with Gasteiger partial charge in [0.25, 0.3) is 0 Å². The molecule has 0 aliphatic heterocycles. The van der Waals surface area contributed by atoms with Gasteiger partial charge in [0.1, 0.15) is 0 Å². The normalized spacial score (nSPS) is 12.5. The molecule has 0 aliphatic rings. The third kappa shape index (κ3) is 4.68. The molecule has 1 N–H and O–H groups in total. The predicted molar refractivity (Wildman–Crippen MR) is 87.4 cm³/mol. The van der Waals surface area contributed by atoms with Gasteiger partial charge in [0.2, 0.25) is 0 Å². The van der Waals surface area contributed by atoms with Crippen molar-refractivity contribution in [1.29, 1.82) is 0 Å². The summed E-state index contributed by atoms with van der Waals surface area (Å²) in [5.74, 6) is 1.12. The maximum absolute atomic E-state index is 3.59. The first-order valence-corrected chi connectivity index (χ1v) is 8.65. The van der Waals surface area contributed by atoms with Crippen molar-refractivity contribution >= 4 is 23.1 Å². The topological polar surface area (TPSA) is 12.0 Å². The van der Waals surface area contributed by atoms with Crippen LogP contribution in [0, 0.1) is 6.92 Å². The summed E-state index contributed by atoms with van der Waals surface area (Å²) in [4.78, 5) is 1.40. The number of hydrogen-bond donors (Lipinski definition) is 1. The molecule has 0 saturated heterocycles. The molecule has 1 atom stereocenters. The molecule has 1 heterocycles. The second-order valence-corrected chi connectivity index (χ2v) is 6.51. The Kier molecular flexibility index (Phi) is 5.95. The van der Waals surface area contributed by atoms with Crippen LogP contribution in [-0.4, -0.2) is 18.3 Å². The van der Waals surface area contributed by atoms with Gasteiger partial charge < -0.3 is 5.32 Å². The lowest BCUT2D eigenvalue weighted by Gasteiger charge is -2.17. The zero-order valence-corrected chi connectivity index (χ0v) is 13.2. The number of thiophene rings is 1. The fourth-order valence-corrected chi connectivity index (χ4v) is 3.85. The van der Waals surface area contributed by atoms with Gasteiger partial charge in [0.15, 0.2) is 0 Å². The summed E-state index contributed by atoms with van der Waals surface area (Å²) < 4.78 is 0. The highest BCUT2D eigenvalue weighted by Crippen LogP contribution is 2.23. The number of nitrogens with one attached hydrogen (secondary N) is 1. The molecule has 0 aliphatic carbocycles. The van der Waals surface area contributed by atoms with Crippen LogP contribution in [0.15, 0.2) is 46.0 Å². The number of thioether (sulfide) groups is 1. The van der Waals surface area contributed by atoms with Crippen molar-refractivity contribution in [3.63, 3.8) is 0 Å². The summed E-state index contributed by atoms with van der Waals surface area (Å²) >= 11 is 3.74. The lowest BCUT2D eigenvalue weighted by Crippen LogP contribution is -2.33. The number of aryl methyl sites for hydroxylation is 1.